The molecule has 2 aromatic rings. The van der Waals surface area contributed by atoms with Crippen molar-refractivity contribution in [1.82, 2.24) is 14.5 Å². The number of aromatic nitrogens is 2. The smallest absolute Gasteiger partial charge is 0.123 e. The third-order valence-electron chi connectivity index (χ3n) is 3.89. The van der Waals surface area contributed by atoms with Gasteiger partial charge in [-0.25, -0.2) is 4.39 Å². The first kappa shape index (κ1) is 15.5. The van der Waals surface area contributed by atoms with Crippen molar-refractivity contribution >= 4 is 11.5 Å². The second-order valence-electron chi connectivity index (χ2n) is 5.88. The minimum Gasteiger partial charge on any atom is -0.371 e. The van der Waals surface area contributed by atoms with Crippen LogP contribution in [0.25, 0.3) is 0 Å². The molecule has 1 aromatic heterocycles. The number of hydrogen-bond donors (Lipinski definition) is 0. The molecular weight excluding hydrogens is 301 g/mol. The van der Waals surface area contributed by atoms with Crippen LogP contribution >= 0.6 is 11.5 Å². The van der Waals surface area contributed by atoms with E-state index in [4.69, 9.17) is 4.74 Å². The molecule has 0 N–H and O–H groups in total. The van der Waals surface area contributed by atoms with Gasteiger partial charge in [-0.2, -0.15) is 0 Å². The molecule has 1 fully saturated rings. The third-order valence-corrected chi connectivity index (χ3v) is 4.61. The van der Waals surface area contributed by atoms with Gasteiger partial charge in [0.1, 0.15) is 5.82 Å². The Balaban J connectivity index is 1.68. The van der Waals surface area contributed by atoms with Gasteiger partial charge >= 0.3 is 0 Å². The largest absolute Gasteiger partial charge is 0.371 e. The molecule has 1 aliphatic heterocycles. The van der Waals surface area contributed by atoms with Gasteiger partial charge in [0.2, 0.25) is 0 Å². The predicted octanol–water partition coefficient (Wildman–Crippen LogP) is 3.37. The first-order valence-corrected chi connectivity index (χ1v) is 8.31. The fraction of sp³-hybridized carbons (Fsp3) is 0.500. The normalized spacial score (nSPS) is 19.7. The van der Waals surface area contributed by atoms with Gasteiger partial charge in [-0.3, -0.25) is 4.90 Å². The number of rotatable bonds is 4. The van der Waals surface area contributed by atoms with Gasteiger partial charge in [-0.15, -0.1) is 5.10 Å². The van der Waals surface area contributed by atoms with Crippen LogP contribution in [-0.2, 0) is 11.3 Å². The molecule has 3 rings (SSSR count). The van der Waals surface area contributed by atoms with Crippen LogP contribution in [0.3, 0.4) is 0 Å². The van der Waals surface area contributed by atoms with Crippen LogP contribution in [0.15, 0.2) is 24.3 Å². The van der Waals surface area contributed by atoms with Crippen molar-refractivity contribution in [2.24, 2.45) is 0 Å². The van der Waals surface area contributed by atoms with Crippen LogP contribution in [0.1, 0.15) is 42.0 Å². The van der Waals surface area contributed by atoms with Crippen molar-refractivity contribution in [1.29, 1.82) is 0 Å². The molecular formula is C16H20FN3OS. The highest BCUT2D eigenvalue weighted by Gasteiger charge is 2.24. The van der Waals surface area contributed by atoms with Gasteiger partial charge in [0.25, 0.3) is 0 Å². The van der Waals surface area contributed by atoms with E-state index in [1.54, 1.807) is 12.1 Å². The average molecular weight is 321 g/mol. The van der Waals surface area contributed by atoms with Crippen molar-refractivity contribution in [3.8, 4) is 0 Å². The van der Waals surface area contributed by atoms with E-state index in [0.29, 0.717) is 12.5 Å². The summed E-state index contributed by atoms with van der Waals surface area (Å²) >= 11 is 1.48. The van der Waals surface area contributed by atoms with Crippen LogP contribution in [0.4, 0.5) is 4.39 Å². The van der Waals surface area contributed by atoms with Crippen LogP contribution < -0.4 is 0 Å². The summed E-state index contributed by atoms with van der Waals surface area (Å²) in [7, 11) is 0. The Kier molecular flexibility index (Phi) is 4.81. The topological polar surface area (TPSA) is 38.2 Å². The summed E-state index contributed by atoms with van der Waals surface area (Å²) in [4.78, 5) is 3.59. The van der Waals surface area contributed by atoms with Gasteiger partial charge in [-0.1, -0.05) is 30.5 Å². The number of halogens is 1. The molecule has 1 saturated heterocycles. The molecule has 22 heavy (non-hydrogen) atoms. The summed E-state index contributed by atoms with van der Waals surface area (Å²) in [6.07, 6.45) is -0.00210. The molecule has 6 heteroatoms. The van der Waals surface area contributed by atoms with Crippen molar-refractivity contribution in [3.63, 3.8) is 0 Å². The molecule has 1 atom stereocenters. The summed E-state index contributed by atoms with van der Waals surface area (Å²) < 4.78 is 23.0. The second kappa shape index (κ2) is 6.81. The lowest BCUT2D eigenvalue weighted by Gasteiger charge is -2.33. The third kappa shape index (κ3) is 3.51. The zero-order chi connectivity index (χ0) is 15.5. The second-order valence-corrected chi connectivity index (χ2v) is 6.72. The highest BCUT2D eigenvalue weighted by Crippen LogP contribution is 2.26. The SMILES string of the molecule is CC(C)c1nnsc1CN1CCO[C@H](c2ccc(F)cc2)C1. The standard InChI is InChI=1S/C16H20FN3OS/c1-11(2)16-15(22-19-18-16)10-20-7-8-21-14(9-20)12-3-5-13(17)6-4-12/h3-6,11,14H,7-10H2,1-2H3/t14-/m0/s1. The van der Waals surface area contributed by atoms with E-state index < -0.39 is 0 Å². The molecule has 0 unspecified atom stereocenters. The maximum absolute atomic E-state index is 13.0. The number of ether oxygens (including phenoxy) is 1. The summed E-state index contributed by atoms with van der Waals surface area (Å²) in [6, 6.07) is 6.58. The fourth-order valence-electron chi connectivity index (χ4n) is 2.69. The highest BCUT2D eigenvalue weighted by atomic mass is 32.1. The van der Waals surface area contributed by atoms with E-state index in [2.05, 4.69) is 28.3 Å². The van der Waals surface area contributed by atoms with Crippen LogP contribution in [0.5, 0.6) is 0 Å². The average Bonchev–Trinajstić information content (AvgIpc) is 2.96. The highest BCUT2D eigenvalue weighted by molar-refractivity contribution is 7.05. The molecule has 0 saturated carbocycles. The first-order valence-electron chi connectivity index (χ1n) is 7.54. The molecule has 2 heterocycles. The Morgan fingerprint density at radius 1 is 1.36 bits per heavy atom. The minimum absolute atomic E-state index is 0.00210. The van der Waals surface area contributed by atoms with Crippen LogP contribution in [0, 0.1) is 5.82 Å². The number of hydrogen-bond acceptors (Lipinski definition) is 5. The Morgan fingerprint density at radius 2 is 2.14 bits per heavy atom. The zero-order valence-corrected chi connectivity index (χ0v) is 13.6. The molecule has 1 aliphatic rings. The molecule has 0 spiro atoms. The summed E-state index contributed by atoms with van der Waals surface area (Å²) in [5.74, 6) is 0.177. The lowest BCUT2D eigenvalue weighted by molar-refractivity contribution is -0.0327. The minimum atomic E-state index is -0.214. The number of benzene rings is 1. The van der Waals surface area contributed by atoms with Gasteiger partial charge in [0.05, 0.1) is 23.3 Å². The molecule has 1 aromatic carbocycles. The van der Waals surface area contributed by atoms with E-state index in [9.17, 15) is 4.39 Å². The molecule has 0 aliphatic carbocycles. The fourth-order valence-corrected chi connectivity index (χ4v) is 3.53. The Bertz CT molecular complexity index is 614. The monoisotopic (exact) mass is 321 g/mol. The van der Waals surface area contributed by atoms with Crippen molar-refractivity contribution in [3.05, 3.63) is 46.2 Å². The molecule has 0 radical (unpaired) electrons. The van der Waals surface area contributed by atoms with Gasteiger partial charge in [0.15, 0.2) is 0 Å². The maximum Gasteiger partial charge on any atom is 0.123 e. The molecule has 4 nitrogen and oxygen atoms in total. The lowest BCUT2D eigenvalue weighted by atomic mass is 10.1. The van der Waals surface area contributed by atoms with E-state index in [-0.39, 0.29) is 11.9 Å². The lowest BCUT2D eigenvalue weighted by Crippen LogP contribution is -2.37. The Labute approximate surface area is 134 Å². The van der Waals surface area contributed by atoms with Crippen LogP contribution in [-0.4, -0.2) is 34.2 Å². The summed E-state index contributed by atoms with van der Waals surface area (Å²) in [6.45, 7) is 7.52. The van der Waals surface area contributed by atoms with E-state index >= 15 is 0 Å². The van der Waals surface area contributed by atoms with Crippen molar-refractivity contribution in [2.45, 2.75) is 32.4 Å². The maximum atomic E-state index is 13.0. The number of morpholine rings is 1. The first-order chi connectivity index (χ1) is 10.6. The molecule has 0 amide bonds. The van der Waals surface area contributed by atoms with Gasteiger partial charge in [-0.05, 0) is 35.1 Å². The van der Waals surface area contributed by atoms with Crippen molar-refractivity contribution < 1.29 is 9.13 Å². The summed E-state index contributed by atoms with van der Waals surface area (Å²) in [5, 5.41) is 4.24. The van der Waals surface area contributed by atoms with E-state index in [0.717, 1.165) is 30.9 Å². The zero-order valence-electron chi connectivity index (χ0n) is 12.8. The van der Waals surface area contributed by atoms with E-state index in [1.165, 1.54) is 28.5 Å². The van der Waals surface area contributed by atoms with Gasteiger partial charge < -0.3 is 4.74 Å². The van der Waals surface area contributed by atoms with Crippen LogP contribution in [0.2, 0.25) is 0 Å². The van der Waals surface area contributed by atoms with E-state index in [1.807, 2.05) is 0 Å². The molecule has 118 valence electrons. The van der Waals surface area contributed by atoms with Gasteiger partial charge in [0, 0.05) is 19.6 Å². The molecule has 0 bridgehead atoms. The van der Waals surface area contributed by atoms with Crippen molar-refractivity contribution in [2.75, 3.05) is 19.7 Å². The number of nitrogens with zero attached hydrogens (tertiary/aromatic N) is 3. The Morgan fingerprint density at radius 3 is 2.86 bits per heavy atom. The summed E-state index contributed by atoms with van der Waals surface area (Å²) in [5.41, 5.74) is 2.12. The Hall–Kier alpha value is -1.37. The quantitative estimate of drug-likeness (QED) is 0.865. The predicted molar refractivity (Wildman–Crippen MR) is 84.4 cm³/mol.